The molecule has 3 rings (SSSR count). The van der Waals surface area contributed by atoms with Gasteiger partial charge in [-0.25, -0.2) is 0 Å². The van der Waals surface area contributed by atoms with Crippen molar-refractivity contribution >= 4 is 17.8 Å². The van der Waals surface area contributed by atoms with Crippen molar-refractivity contribution in [1.29, 1.82) is 0 Å². The number of morpholine rings is 1. The van der Waals surface area contributed by atoms with Gasteiger partial charge in [0.25, 0.3) is 5.91 Å². The maximum absolute atomic E-state index is 13.2. The highest BCUT2D eigenvalue weighted by molar-refractivity contribution is 5.87. The highest BCUT2D eigenvalue weighted by atomic mass is 16.5. The van der Waals surface area contributed by atoms with Gasteiger partial charge in [0, 0.05) is 33.1 Å². The third kappa shape index (κ3) is 4.78. The molecule has 0 aliphatic carbocycles. The van der Waals surface area contributed by atoms with E-state index in [-0.39, 0.29) is 30.6 Å². The molecular weight excluding hydrogens is 372 g/mol. The molecule has 2 heterocycles. The normalized spacial score (nSPS) is 24.1. The fourth-order valence-electron chi connectivity index (χ4n) is 4.31. The molecule has 7 nitrogen and oxygen atoms in total. The molecule has 0 N–H and O–H groups in total. The fourth-order valence-corrected chi connectivity index (χ4v) is 4.31. The Kier molecular flexibility index (Phi) is 6.57. The molecular formula is C22H30N2O5. The summed E-state index contributed by atoms with van der Waals surface area (Å²) in [5.74, 6) is -0.592. The van der Waals surface area contributed by atoms with Crippen molar-refractivity contribution in [3.63, 3.8) is 0 Å². The zero-order chi connectivity index (χ0) is 21.0. The molecule has 2 atom stereocenters. The number of benzene rings is 1. The van der Waals surface area contributed by atoms with Crippen molar-refractivity contribution in [3.05, 3.63) is 35.9 Å². The van der Waals surface area contributed by atoms with Gasteiger partial charge in [0.05, 0.1) is 17.6 Å². The molecule has 29 heavy (non-hydrogen) atoms. The summed E-state index contributed by atoms with van der Waals surface area (Å²) in [6.45, 7) is 7.10. The molecule has 2 amide bonds. The molecule has 0 radical (unpaired) electrons. The van der Waals surface area contributed by atoms with Crippen LogP contribution in [-0.2, 0) is 29.3 Å². The Morgan fingerprint density at radius 2 is 1.62 bits per heavy atom. The zero-order valence-corrected chi connectivity index (χ0v) is 17.4. The first-order valence-electron chi connectivity index (χ1n) is 10.2. The van der Waals surface area contributed by atoms with Gasteiger partial charge >= 0.3 is 5.97 Å². The number of hydrogen-bond donors (Lipinski definition) is 0. The lowest BCUT2D eigenvalue weighted by Crippen LogP contribution is -2.51. The third-order valence-corrected chi connectivity index (χ3v) is 5.88. The second-order valence-corrected chi connectivity index (χ2v) is 8.09. The van der Waals surface area contributed by atoms with E-state index in [1.807, 2.05) is 44.2 Å². The van der Waals surface area contributed by atoms with E-state index >= 15 is 0 Å². The average molecular weight is 402 g/mol. The monoisotopic (exact) mass is 402 g/mol. The van der Waals surface area contributed by atoms with Crippen molar-refractivity contribution in [1.82, 2.24) is 9.80 Å². The Morgan fingerprint density at radius 1 is 1.03 bits per heavy atom. The van der Waals surface area contributed by atoms with E-state index < -0.39 is 11.4 Å². The molecule has 1 aromatic carbocycles. The number of carbonyl (C=O) groups excluding carboxylic acids is 3. The van der Waals surface area contributed by atoms with E-state index in [1.54, 1.807) is 9.80 Å². The lowest BCUT2D eigenvalue weighted by atomic mass is 9.72. The van der Waals surface area contributed by atoms with Crippen molar-refractivity contribution in [2.75, 3.05) is 32.8 Å². The molecule has 2 fully saturated rings. The maximum atomic E-state index is 13.2. The molecule has 0 spiro atoms. The standard InChI is InChI=1S/C22H30N2O5/c1-16-13-24(14-17(2)29-16)20(26)15-28-21(27)22(19-7-5-4-6-8-19)9-11-23(12-10-22)18(3)25/h4-8,16-17H,9-15H2,1-3H3/t16-,17-/m1/s1. The number of esters is 1. The molecule has 2 aliphatic rings. The predicted molar refractivity (Wildman–Crippen MR) is 107 cm³/mol. The van der Waals surface area contributed by atoms with Crippen LogP contribution in [0.5, 0.6) is 0 Å². The molecule has 1 aromatic rings. The molecule has 2 saturated heterocycles. The van der Waals surface area contributed by atoms with E-state index in [4.69, 9.17) is 9.47 Å². The Morgan fingerprint density at radius 3 is 2.17 bits per heavy atom. The Labute approximate surface area is 171 Å². The number of carbonyl (C=O) groups is 3. The van der Waals surface area contributed by atoms with Gasteiger partial charge in [0.15, 0.2) is 6.61 Å². The average Bonchev–Trinajstić information content (AvgIpc) is 2.71. The first kappa shape index (κ1) is 21.3. The minimum atomic E-state index is -0.834. The van der Waals surface area contributed by atoms with Crippen LogP contribution in [0.4, 0.5) is 0 Å². The number of ether oxygens (including phenoxy) is 2. The van der Waals surface area contributed by atoms with Crippen LogP contribution in [0, 0.1) is 0 Å². The summed E-state index contributed by atoms with van der Waals surface area (Å²) < 4.78 is 11.2. The quantitative estimate of drug-likeness (QED) is 0.717. The SMILES string of the molecule is CC(=O)N1CCC(C(=O)OCC(=O)N2C[C@@H](C)O[C@H](C)C2)(c2ccccc2)CC1. The number of hydrogen-bond acceptors (Lipinski definition) is 5. The van der Waals surface area contributed by atoms with Crippen molar-refractivity contribution in [3.8, 4) is 0 Å². The summed E-state index contributed by atoms with van der Waals surface area (Å²) in [5.41, 5.74) is 0.0354. The zero-order valence-electron chi connectivity index (χ0n) is 17.4. The second kappa shape index (κ2) is 8.95. The topological polar surface area (TPSA) is 76.2 Å². The Balaban J connectivity index is 1.69. The maximum Gasteiger partial charge on any atom is 0.317 e. The van der Waals surface area contributed by atoms with E-state index in [0.29, 0.717) is 39.0 Å². The summed E-state index contributed by atoms with van der Waals surface area (Å²) in [7, 11) is 0. The molecule has 0 unspecified atom stereocenters. The van der Waals surface area contributed by atoms with E-state index in [9.17, 15) is 14.4 Å². The van der Waals surface area contributed by atoms with Crippen LogP contribution < -0.4 is 0 Å². The van der Waals surface area contributed by atoms with Crippen LogP contribution in [0.3, 0.4) is 0 Å². The molecule has 158 valence electrons. The van der Waals surface area contributed by atoms with Crippen molar-refractivity contribution in [2.24, 2.45) is 0 Å². The number of amides is 2. The van der Waals surface area contributed by atoms with Crippen molar-refractivity contribution in [2.45, 2.75) is 51.2 Å². The molecule has 0 saturated carbocycles. The lowest BCUT2D eigenvalue weighted by Gasteiger charge is -2.40. The van der Waals surface area contributed by atoms with Crippen LogP contribution in [0.25, 0.3) is 0 Å². The summed E-state index contributed by atoms with van der Waals surface area (Å²) in [6, 6.07) is 9.51. The van der Waals surface area contributed by atoms with Crippen LogP contribution >= 0.6 is 0 Å². The van der Waals surface area contributed by atoms with Gasteiger partial charge in [-0.15, -0.1) is 0 Å². The van der Waals surface area contributed by atoms with Crippen molar-refractivity contribution < 1.29 is 23.9 Å². The highest BCUT2D eigenvalue weighted by Gasteiger charge is 2.45. The second-order valence-electron chi connectivity index (χ2n) is 8.09. The predicted octanol–water partition coefficient (Wildman–Crippen LogP) is 1.75. The van der Waals surface area contributed by atoms with Gasteiger partial charge in [-0.1, -0.05) is 30.3 Å². The van der Waals surface area contributed by atoms with Gasteiger partial charge in [0.1, 0.15) is 0 Å². The largest absolute Gasteiger partial charge is 0.455 e. The van der Waals surface area contributed by atoms with Crippen LogP contribution in [0.15, 0.2) is 30.3 Å². The van der Waals surface area contributed by atoms with Gasteiger partial charge in [-0.2, -0.15) is 0 Å². The number of piperidine rings is 1. The lowest BCUT2D eigenvalue weighted by molar-refractivity contribution is -0.162. The number of likely N-dealkylation sites (tertiary alicyclic amines) is 1. The summed E-state index contributed by atoms with van der Waals surface area (Å²) in [4.78, 5) is 40.9. The summed E-state index contributed by atoms with van der Waals surface area (Å²) in [5, 5.41) is 0. The third-order valence-electron chi connectivity index (χ3n) is 5.88. The highest BCUT2D eigenvalue weighted by Crippen LogP contribution is 2.37. The molecule has 7 heteroatoms. The van der Waals surface area contributed by atoms with Gasteiger partial charge in [-0.3, -0.25) is 14.4 Å². The first-order valence-corrected chi connectivity index (χ1v) is 10.2. The minimum absolute atomic E-state index is 0.00534. The van der Waals surface area contributed by atoms with Crippen LogP contribution in [-0.4, -0.2) is 72.6 Å². The molecule has 2 aliphatic heterocycles. The van der Waals surface area contributed by atoms with Crippen LogP contribution in [0.2, 0.25) is 0 Å². The molecule has 0 aromatic heterocycles. The number of rotatable bonds is 4. The molecule has 0 bridgehead atoms. The first-order chi connectivity index (χ1) is 13.8. The van der Waals surface area contributed by atoms with E-state index in [0.717, 1.165) is 5.56 Å². The summed E-state index contributed by atoms with van der Waals surface area (Å²) >= 11 is 0. The fraction of sp³-hybridized carbons (Fsp3) is 0.591. The summed E-state index contributed by atoms with van der Waals surface area (Å²) in [6.07, 6.45) is 0.889. The number of nitrogens with zero attached hydrogens (tertiary/aromatic N) is 2. The van der Waals surface area contributed by atoms with Gasteiger partial charge in [0.2, 0.25) is 5.91 Å². The minimum Gasteiger partial charge on any atom is -0.455 e. The smallest absolute Gasteiger partial charge is 0.317 e. The Hall–Kier alpha value is -2.41. The van der Waals surface area contributed by atoms with E-state index in [2.05, 4.69) is 0 Å². The van der Waals surface area contributed by atoms with Gasteiger partial charge in [-0.05, 0) is 32.3 Å². The van der Waals surface area contributed by atoms with E-state index in [1.165, 1.54) is 6.92 Å². The van der Waals surface area contributed by atoms with Crippen LogP contribution in [0.1, 0.15) is 39.2 Å². The van der Waals surface area contributed by atoms with Gasteiger partial charge < -0.3 is 19.3 Å². The Bertz CT molecular complexity index is 733.